The maximum atomic E-state index is 13.5. The molecule has 0 spiro atoms. The van der Waals surface area contributed by atoms with E-state index < -0.39 is 0 Å². The highest BCUT2D eigenvalue weighted by Crippen LogP contribution is 2.33. The lowest BCUT2D eigenvalue weighted by atomic mass is 10.0. The third-order valence-corrected chi connectivity index (χ3v) is 8.03. The van der Waals surface area contributed by atoms with Crippen molar-refractivity contribution in [3.8, 4) is 11.1 Å². The van der Waals surface area contributed by atoms with Gasteiger partial charge in [0.2, 0.25) is 0 Å². The molecule has 178 valence electrons. The van der Waals surface area contributed by atoms with Crippen LogP contribution < -0.4 is 5.56 Å². The number of aromatic nitrogens is 2. The van der Waals surface area contributed by atoms with E-state index in [1.54, 1.807) is 10.9 Å². The first-order valence-corrected chi connectivity index (χ1v) is 12.9. The van der Waals surface area contributed by atoms with Gasteiger partial charge < -0.3 is 4.90 Å². The van der Waals surface area contributed by atoms with Crippen molar-refractivity contribution in [2.45, 2.75) is 26.4 Å². The van der Waals surface area contributed by atoms with Gasteiger partial charge in [0.1, 0.15) is 4.83 Å². The average Bonchev–Trinajstić information content (AvgIpc) is 3.30. The fraction of sp³-hybridized carbons (Fsp3) is 0.167. The molecule has 0 radical (unpaired) electrons. The number of fused-ring (bicyclic) bond motifs is 3. The van der Waals surface area contributed by atoms with Gasteiger partial charge in [0, 0.05) is 17.0 Å². The molecule has 0 unspecified atom stereocenters. The van der Waals surface area contributed by atoms with Crippen molar-refractivity contribution >= 4 is 27.5 Å². The predicted molar refractivity (Wildman–Crippen MR) is 144 cm³/mol. The van der Waals surface area contributed by atoms with Crippen molar-refractivity contribution in [3.05, 3.63) is 123 Å². The first-order chi connectivity index (χ1) is 17.6. The second kappa shape index (κ2) is 9.21. The summed E-state index contributed by atoms with van der Waals surface area (Å²) < 4.78 is 1.69. The van der Waals surface area contributed by atoms with Crippen LogP contribution in [0.2, 0.25) is 0 Å². The SMILES string of the molecule is Cc1ccccc1C(=O)N1CCc2c(sc3ncn(Cc4ccc(-c5ccccc5)cc4)c(=O)c23)C1. The third-order valence-electron chi connectivity index (χ3n) is 6.90. The molecular formula is C30H25N3O2S. The van der Waals surface area contributed by atoms with Gasteiger partial charge in [-0.1, -0.05) is 72.8 Å². The molecule has 6 rings (SSSR count). The largest absolute Gasteiger partial charge is 0.333 e. The summed E-state index contributed by atoms with van der Waals surface area (Å²) in [5.74, 6) is 0.0422. The Bertz CT molecular complexity index is 1640. The predicted octanol–water partition coefficient (Wildman–Crippen LogP) is 5.68. The standard InChI is InChI=1S/C30H25N3O2S/c1-20-7-5-6-10-24(20)29(34)32-16-15-25-26(18-32)36-28-27(25)30(35)33(19-31-28)17-21-11-13-23(14-12-21)22-8-3-2-4-9-22/h2-14,19H,15-18H2,1H3. The van der Waals surface area contributed by atoms with Crippen LogP contribution in [0.1, 0.15) is 31.9 Å². The normalized spacial score (nSPS) is 13.1. The van der Waals surface area contributed by atoms with E-state index >= 15 is 0 Å². The Balaban J connectivity index is 1.26. The van der Waals surface area contributed by atoms with Crippen molar-refractivity contribution in [1.82, 2.24) is 14.5 Å². The van der Waals surface area contributed by atoms with Gasteiger partial charge in [-0.3, -0.25) is 14.2 Å². The van der Waals surface area contributed by atoms with Crippen LogP contribution >= 0.6 is 11.3 Å². The highest BCUT2D eigenvalue weighted by molar-refractivity contribution is 7.18. The minimum Gasteiger partial charge on any atom is -0.333 e. The van der Waals surface area contributed by atoms with Crippen molar-refractivity contribution in [2.75, 3.05) is 6.54 Å². The van der Waals surface area contributed by atoms with Crippen LogP contribution in [0.5, 0.6) is 0 Å². The van der Waals surface area contributed by atoms with E-state index in [2.05, 4.69) is 41.4 Å². The number of thiophene rings is 1. The monoisotopic (exact) mass is 491 g/mol. The van der Waals surface area contributed by atoms with Gasteiger partial charge in [-0.15, -0.1) is 11.3 Å². The summed E-state index contributed by atoms with van der Waals surface area (Å²) in [6.07, 6.45) is 2.31. The first-order valence-electron chi connectivity index (χ1n) is 12.1. The van der Waals surface area contributed by atoms with Gasteiger partial charge in [-0.05, 0) is 47.2 Å². The van der Waals surface area contributed by atoms with Crippen molar-refractivity contribution in [3.63, 3.8) is 0 Å². The minimum absolute atomic E-state index is 0.0108. The van der Waals surface area contributed by atoms with Gasteiger partial charge in [0.05, 0.1) is 24.8 Å². The number of amides is 1. The molecule has 36 heavy (non-hydrogen) atoms. The maximum Gasteiger partial charge on any atom is 0.262 e. The average molecular weight is 492 g/mol. The highest BCUT2D eigenvalue weighted by atomic mass is 32.1. The molecule has 1 aliphatic rings. The number of rotatable bonds is 4. The molecule has 0 fully saturated rings. The number of hydrogen-bond donors (Lipinski definition) is 0. The van der Waals surface area contributed by atoms with Gasteiger partial charge in [0.25, 0.3) is 11.5 Å². The van der Waals surface area contributed by atoms with Gasteiger partial charge in [-0.2, -0.15) is 0 Å². The minimum atomic E-state index is -0.0108. The molecule has 0 atom stereocenters. The van der Waals surface area contributed by atoms with Gasteiger partial charge in [-0.25, -0.2) is 4.98 Å². The number of benzene rings is 3. The summed E-state index contributed by atoms with van der Waals surface area (Å²) in [6, 6.07) is 26.3. The van der Waals surface area contributed by atoms with Crippen molar-refractivity contribution < 1.29 is 4.79 Å². The zero-order valence-corrected chi connectivity index (χ0v) is 20.8. The van der Waals surface area contributed by atoms with Crippen LogP contribution in [0.15, 0.2) is 90.0 Å². The zero-order valence-electron chi connectivity index (χ0n) is 20.0. The van der Waals surface area contributed by atoms with E-state index in [1.165, 1.54) is 16.9 Å². The summed E-state index contributed by atoms with van der Waals surface area (Å²) in [4.78, 5) is 34.9. The molecule has 0 aliphatic carbocycles. The molecule has 0 bridgehead atoms. The molecule has 0 saturated heterocycles. The molecule has 0 saturated carbocycles. The number of hydrogen-bond acceptors (Lipinski definition) is 4. The second-order valence-electron chi connectivity index (χ2n) is 9.22. The Hall–Kier alpha value is -4.03. The first kappa shape index (κ1) is 22.4. The highest BCUT2D eigenvalue weighted by Gasteiger charge is 2.27. The molecule has 0 N–H and O–H groups in total. The van der Waals surface area contributed by atoms with E-state index in [4.69, 9.17) is 0 Å². The number of nitrogens with zero attached hydrogens (tertiary/aromatic N) is 3. The van der Waals surface area contributed by atoms with Crippen LogP contribution in [0.25, 0.3) is 21.3 Å². The molecule has 5 nitrogen and oxygen atoms in total. The Morgan fingerprint density at radius 2 is 1.67 bits per heavy atom. The summed E-state index contributed by atoms with van der Waals surface area (Å²) in [5.41, 5.74) is 6.13. The third kappa shape index (κ3) is 4.03. The lowest BCUT2D eigenvalue weighted by Gasteiger charge is -2.27. The van der Waals surface area contributed by atoms with Gasteiger partial charge >= 0.3 is 0 Å². The molecule has 3 heterocycles. The fourth-order valence-corrected chi connectivity index (χ4v) is 6.11. The van der Waals surface area contributed by atoms with Gasteiger partial charge in [0.15, 0.2) is 0 Å². The van der Waals surface area contributed by atoms with Crippen LogP contribution in [0.3, 0.4) is 0 Å². The summed E-state index contributed by atoms with van der Waals surface area (Å²) in [7, 11) is 0. The van der Waals surface area contributed by atoms with E-state index in [-0.39, 0.29) is 11.5 Å². The number of carbonyl (C=O) groups is 1. The smallest absolute Gasteiger partial charge is 0.262 e. The van der Waals surface area contributed by atoms with Crippen LogP contribution in [0, 0.1) is 6.92 Å². The summed E-state index contributed by atoms with van der Waals surface area (Å²) in [6.45, 7) is 3.55. The molecule has 6 heteroatoms. The molecule has 1 amide bonds. The van der Waals surface area contributed by atoms with Crippen molar-refractivity contribution in [2.24, 2.45) is 0 Å². The molecular weight excluding hydrogens is 466 g/mol. The number of aryl methyl sites for hydroxylation is 1. The fourth-order valence-electron chi connectivity index (χ4n) is 4.92. The quantitative estimate of drug-likeness (QED) is 0.325. The molecule has 1 aliphatic heterocycles. The van der Waals surface area contributed by atoms with E-state index in [1.807, 2.05) is 54.3 Å². The van der Waals surface area contributed by atoms with E-state index in [0.717, 1.165) is 37.5 Å². The Morgan fingerprint density at radius 3 is 2.44 bits per heavy atom. The molecule has 2 aromatic heterocycles. The Morgan fingerprint density at radius 1 is 0.944 bits per heavy atom. The summed E-state index contributed by atoms with van der Waals surface area (Å²) >= 11 is 1.53. The van der Waals surface area contributed by atoms with Crippen LogP contribution in [0.4, 0.5) is 0 Å². The van der Waals surface area contributed by atoms with Crippen LogP contribution in [-0.2, 0) is 19.5 Å². The zero-order chi connectivity index (χ0) is 24.6. The topological polar surface area (TPSA) is 55.2 Å². The lowest BCUT2D eigenvalue weighted by Crippen LogP contribution is -2.36. The van der Waals surface area contributed by atoms with Crippen LogP contribution in [-0.4, -0.2) is 26.9 Å². The second-order valence-corrected chi connectivity index (χ2v) is 10.3. The van der Waals surface area contributed by atoms with Crippen molar-refractivity contribution in [1.29, 1.82) is 0 Å². The maximum absolute atomic E-state index is 13.5. The number of carbonyl (C=O) groups excluding carboxylic acids is 1. The molecule has 3 aromatic carbocycles. The van der Waals surface area contributed by atoms with E-state index in [0.29, 0.717) is 31.4 Å². The lowest BCUT2D eigenvalue weighted by molar-refractivity contribution is 0.0736. The Kier molecular flexibility index (Phi) is 5.74. The Labute approximate surface area is 213 Å². The summed E-state index contributed by atoms with van der Waals surface area (Å²) in [5, 5.41) is 0.710. The molecule has 5 aromatic rings. The van der Waals surface area contributed by atoms with E-state index in [9.17, 15) is 9.59 Å².